The van der Waals surface area contributed by atoms with E-state index in [1.165, 1.54) is 32.1 Å². The van der Waals surface area contributed by atoms with Crippen molar-refractivity contribution in [2.24, 2.45) is 5.92 Å². The molecule has 1 radical (unpaired) electrons. The number of fused-ring (bicyclic) bond motifs is 1. The van der Waals surface area contributed by atoms with Gasteiger partial charge in [0.1, 0.15) is 5.52 Å². The Bertz CT molecular complexity index is 930. The van der Waals surface area contributed by atoms with Crippen molar-refractivity contribution >= 4 is 17.0 Å². The molecule has 1 amide bonds. The zero-order valence-electron chi connectivity index (χ0n) is 17.9. The Hall–Kier alpha value is -2.66. The lowest BCUT2D eigenvalue weighted by Crippen LogP contribution is -2.40. The van der Waals surface area contributed by atoms with E-state index in [4.69, 9.17) is 4.42 Å². The van der Waals surface area contributed by atoms with E-state index in [-0.39, 0.29) is 11.8 Å². The smallest absolute Gasteiger partial charge is 0.226 e. The van der Waals surface area contributed by atoms with Crippen molar-refractivity contribution in [3.63, 3.8) is 0 Å². The van der Waals surface area contributed by atoms with Crippen LogP contribution in [-0.2, 0) is 11.2 Å². The Balaban J connectivity index is 1.42. The minimum Gasteiger partial charge on any atom is -0.438 e. The molecule has 0 spiro atoms. The van der Waals surface area contributed by atoms with E-state index in [0.717, 1.165) is 18.4 Å². The summed E-state index contributed by atoms with van der Waals surface area (Å²) in [6.45, 7) is 0. The molecule has 2 aromatic carbocycles. The highest BCUT2D eigenvalue weighted by atomic mass is 16.4. The highest BCUT2D eigenvalue weighted by molar-refractivity contribution is 5.84. The first-order chi connectivity index (χ1) is 15.2. The second-order valence-corrected chi connectivity index (χ2v) is 8.55. The Morgan fingerprint density at radius 1 is 1.10 bits per heavy atom. The van der Waals surface area contributed by atoms with Gasteiger partial charge < -0.3 is 14.8 Å². The lowest BCUT2D eigenvalue weighted by molar-refractivity contribution is -0.119. The molecule has 5 heteroatoms. The van der Waals surface area contributed by atoms with Crippen molar-refractivity contribution in [1.29, 1.82) is 0 Å². The van der Waals surface area contributed by atoms with Gasteiger partial charge in [0, 0.05) is 6.42 Å². The fourth-order valence-corrected chi connectivity index (χ4v) is 4.40. The van der Waals surface area contributed by atoms with Gasteiger partial charge in [0.25, 0.3) is 0 Å². The number of amides is 1. The molecule has 2 N–H and O–H groups in total. The molecule has 0 bridgehead atoms. The number of aliphatic hydroxyl groups excluding tert-OH is 1. The first-order valence-corrected chi connectivity index (χ1v) is 11.4. The molecule has 0 unspecified atom stereocenters. The maximum Gasteiger partial charge on any atom is 0.226 e. The van der Waals surface area contributed by atoms with Crippen molar-refractivity contribution < 1.29 is 14.3 Å². The Kier molecular flexibility index (Phi) is 7.36. The van der Waals surface area contributed by atoms with Crippen molar-refractivity contribution in [2.75, 3.05) is 0 Å². The number of nitrogens with zero attached hydrogens (tertiary/aromatic N) is 1. The van der Waals surface area contributed by atoms with Gasteiger partial charge in [-0.2, -0.15) is 0 Å². The summed E-state index contributed by atoms with van der Waals surface area (Å²) >= 11 is 0. The Morgan fingerprint density at radius 2 is 1.84 bits per heavy atom. The molecular formula is C26H31N2O3. The van der Waals surface area contributed by atoms with Crippen molar-refractivity contribution in [3.8, 4) is 0 Å². The van der Waals surface area contributed by atoms with Gasteiger partial charge in [-0.3, -0.25) is 4.79 Å². The molecule has 1 aliphatic carbocycles. The number of hydrogen-bond donors (Lipinski definition) is 2. The Morgan fingerprint density at radius 3 is 2.61 bits per heavy atom. The van der Waals surface area contributed by atoms with Crippen LogP contribution in [0.15, 0.2) is 59.0 Å². The third-order valence-electron chi connectivity index (χ3n) is 6.22. The number of carbonyl (C=O) groups excluding carboxylic acids is 1. The molecule has 1 heterocycles. The minimum absolute atomic E-state index is 0.126. The van der Waals surface area contributed by atoms with Gasteiger partial charge in [-0.25, -0.2) is 4.98 Å². The van der Waals surface area contributed by atoms with Crippen LogP contribution in [0.25, 0.3) is 11.1 Å². The number of hydrogen-bond acceptors (Lipinski definition) is 4. The van der Waals surface area contributed by atoms with Crippen LogP contribution >= 0.6 is 0 Å². The van der Waals surface area contributed by atoms with E-state index in [9.17, 15) is 9.90 Å². The molecule has 1 saturated carbocycles. The molecule has 0 saturated heterocycles. The predicted octanol–water partition coefficient (Wildman–Crippen LogP) is 5.15. The summed E-state index contributed by atoms with van der Waals surface area (Å²) < 4.78 is 5.78. The summed E-state index contributed by atoms with van der Waals surface area (Å²) in [5.41, 5.74) is 2.50. The van der Waals surface area contributed by atoms with E-state index in [0.29, 0.717) is 23.4 Å². The van der Waals surface area contributed by atoms with Crippen LogP contribution in [0.4, 0.5) is 0 Å². The van der Waals surface area contributed by atoms with Gasteiger partial charge >= 0.3 is 0 Å². The lowest BCUT2D eigenvalue weighted by Gasteiger charge is -2.24. The van der Waals surface area contributed by atoms with Gasteiger partial charge in [-0.15, -0.1) is 0 Å². The first kappa shape index (κ1) is 21.6. The summed E-state index contributed by atoms with van der Waals surface area (Å²) in [5, 5.41) is 14.1. The third kappa shape index (κ3) is 5.95. The summed E-state index contributed by atoms with van der Waals surface area (Å²) in [4.78, 5) is 17.1. The molecule has 3 aromatic rings. The van der Waals surface area contributed by atoms with Crippen LogP contribution in [0.5, 0.6) is 0 Å². The van der Waals surface area contributed by atoms with Crippen LogP contribution in [0.3, 0.4) is 0 Å². The molecule has 1 aromatic heterocycles. The first-order valence-electron chi connectivity index (χ1n) is 11.4. The van der Waals surface area contributed by atoms with Gasteiger partial charge in [0.05, 0.1) is 6.04 Å². The molecule has 1 aliphatic rings. The monoisotopic (exact) mass is 419 g/mol. The van der Waals surface area contributed by atoms with Gasteiger partial charge in [-0.05, 0) is 42.9 Å². The van der Waals surface area contributed by atoms with Crippen LogP contribution in [0, 0.1) is 12.3 Å². The SMILES string of the molecule is O=C([CH]CC1CCCCC1)N[C@@H](CCc1ccccc1)[C@H](O)c1nc2ccccc2o1. The number of benzene rings is 2. The van der Waals surface area contributed by atoms with Crippen molar-refractivity contribution in [1.82, 2.24) is 10.3 Å². The van der Waals surface area contributed by atoms with Gasteiger partial charge in [0.2, 0.25) is 11.8 Å². The number of oxazole rings is 1. The van der Waals surface area contributed by atoms with Crippen LogP contribution in [0.1, 0.15) is 62.5 Å². The fraction of sp³-hybridized carbons (Fsp3) is 0.423. The number of carbonyl (C=O) groups is 1. The average Bonchev–Trinajstić information content (AvgIpc) is 3.26. The molecule has 1 fully saturated rings. The topological polar surface area (TPSA) is 75.4 Å². The average molecular weight is 420 g/mol. The second kappa shape index (κ2) is 10.6. The van der Waals surface area contributed by atoms with Crippen LogP contribution in [-0.4, -0.2) is 22.0 Å². The standard InChI is InChI=1S/C26H31N2O3/c29-24(18-16-20-11-5-2-6-12-20)27-22(17-15-19-9-3-1-4-10-19)25(30)26-28-21-13-7-8-14-23(21)31-26/h1,3-4,7-10,13-14,18,20,22,25,30H,2,5-6,11-12,15-17H2,(H,27,29)/t22-,25-/m0/s1. The molecule has 163 valence electrons. The van der Waals surface area contributed by atoms with Crippen molar-refractivity contribution in [2.45, 2.75) is 63.5 Å². The summed E-state index contributed by atoms with van der Waals surface area (Å²) in [6.07, 6.45) is 9.11. The molecule has 0 aliphatic heterocycles. The third-order valence-corrected chi connectivity index (χ3v) is 6.22. The summed E-state index contributed by atoms with van der Waals surface area (Å²) in [6, 6.07) is 17.0. The van der Waals surface area contributed by atoms with Crippen LogP contribution in [0.2, 0.25) is 0 Å². The van der Waals surface area contributed by atoms with Crippen molar-refractivity contribution in [3.05, 3.63) is 72.5 Å². The molecule has 4 rings (SSSR count). The molecule has 2 atom stereocenters. The summed E-state index contributed by atoms with van der Waals surface area (Å²) in [5.74, 6) is 0.717. The number of aryl methyl sites for hydroxylation is 1. The number of nitrogens with one attached hydrogen (secondary N) is 1. The number of para-hydroxylation sites is 2. The molecule has 31 heavy (non-hydrogen) atoms. The molecular weight excluding hydrogens is 388 g/mol. The van der Waals surface area contributed by atoms with E-state index < -0.39 is 12.1 Å². The van der Waals surface area contributed by atoms with E-state index in [1.54, 1.807) is 6.42 Å². The van der Waals surface area contributed by atoms with E-state index >= 15 is 0 Å². The number of aliphatic hydroxyl groups is 1. The van der Waals surface area contributed by atoms with E-state index in [2.05, 4.69) is 22.4 Å². The molecule has 5 nitrogen and oxygen atoms in total. The van der Waals surface area contributed by atoms with Crippen LogP contribution < -0.4 is 5.32 Å². The maximum atomic E-state index is 12.7. The summed E-state index contributed by atoms with van der Waals surface area (Å²) in [7, 11) is 0. The highest BCUT2D eigenvalue weighted by Gasteiger charge is 2.27. The predicted molar refractivity (Wildman–Crippen MR) is 121 cm³/mol. The number of aromatic nitrogens is 1. The lowest BCUT2D eigenvalue weighted by atomic mass is 9.86. The Labute approximate surface area is 183 Å². The van der Waals surface area contributed by atoms with Gasteiger partial charge in [-0.1, -0.05) is 74.6 Å². The largest absolute Gasteiger partial charge is 0.438 e. The van der Waals surface area contributed by atoms with E-state index in [1.807, 2.05) is 42.5 Å². The fourth-order valence-electron chi connectivity index (χ4n) is 4.40. The maximum absolute atomic E-state index is 12.7. The zero-order chi connectivity index (χ0) is 21.5. The quantitative estimate of drug-likeness (QED) is 0.503. The second-order valence-electron chi connectivity index (χ2n) is 8.55. The van der Waals surface area contributed by atoms with Gasteiger partial charge in [0.15, 0.2) is 11.7 Å². The highest BCUT2D eigenvalue weighted by Crippen LogP contribution is 2.28. The minimum atomic E-state index is -1.01. The zero-order valence-corrected chi connectivity index (χ0v) is 17.9. The normalized spacial score (nSPS) is 16.8. The number of rotatable bonds is 9.